The maximum absolute atomic E-state index is 9.41. The van der Waals surface area contributed by atoms with Crippen molar-refractivity contribution in [1.29, 1.82) is 0 Å². The molecule has 1 aromatic rings. The summed E-state index contributed by atoms with van der Waals surface area (Å²) in [4.78, 5) is 0. The summed E-state index contributed by atoms with van der Waals surface area (Å²) in [5.74, 6) is 1.91. The predicted octanol–water partition coefficient (Wildman–Crippen LogP) is 2.79. The van der Waals surface area contributed by atoms with Crippen LogP contribution in [0.3, 0.4) is 0 Å². The molecule has 1 rings (SSSR count). The summed E-state index contributed by atoms with van der Waals surface area (Å²) in [6, 6.07) is 5.81. The van der Waals surface area contributed by atoms with E-state index in [1.165, 1.54) is 0 Å². The van der Waals surface area contributed by atoms with Gasteiger partial charge in [0.25, 0.3) is 0 Å². The predicted molar refractivity (Wildman–Crippen MR) is 65.7 cm³/mol. The molecule has 1 atom stereocenters. The molecule has 0 aliphatic rings. The first-order valence-electron chi connectivity index (χ1n) is 5.05. The summed E-state index contributed by atoms with van der Waals surface area (Å²) in [6.07, 6.45) is 1.65. The topological polar surface area (TPSA) is 29.5 Å². The largest absolute Gasteiger partial charge is 0.492 e. The third-order valence-corrected chi connectivity index (χ3v) is 2.80. The molecule has 1 aromatic carbocycles. The van der Waals surface area contributed by atoms with Gasteiger partial charge in [0.2, 0.25) is 0 Å². The zero-order valence-corrected chi connectivity index (χ0v) is 10.3. The van der Waals surface area contributed by atoms with Crippen LogP contribution in [-0.2, 0) is 0 Å². The van der Waals surface area contributed by atoms with Crippen LogP contribution >= 0.6 is 11.8 Å². The van der Waals surface area contributed by atoms with E-state index in [1.807, 2.05) is 25.1 Å². The van der Waals surface area contributed by atoms with Crippen molar-refractivity contribution in [3.05, 3.63) is 29.3 Å². The molecule has 0 saturated carbocycles. The lowest BCUT2D eigenvalue weighted by Gasteiger charge is -2.11. The lowest BCUT2D eigenvalue weighted by Crippen LogP contribution is -2.02. The number of thioether (sulfide) groups is 1. The zero-order chi connectivity index (χ0) is 11.3. The van der Waals surface area contributed by atoms with Gasteiger partial charge in [-0.2, -0.15) is 11.8 Å². The Morgan fingerprint density at radius 3 is 2.73 bits per heavy atom. The molecule has 1 unspecified atom stereocenters. The Labute approximate surface area is 95.7 Å². The average molecular weight is 226 g/mol. The highest BCUT2D eigenvalue weighted by Gasteiger charge is 2.04. The molecule has 15 heavy (non-hydrogen) atoms. The molecule has 0 aliphatic heterocycles. The van der Waals surface area contributed by atoms with Gasteiger partial charge >= 0.3 is 0 Å². The Hall–Kier alpha value is -0.670. The van der Waals surface area contributed by atoms with Crippen molar-refractivity contribution in [2.75, 3.05) is 18.6 Å². The van der Waals surface area contributed by atoms with E-state index in [-0.39, 0.29) is 0 Å². The normalized spacial score (nSPS) is 12.5. The van der Waals surface area contributed by atoms with Gasteiger partial charge in [0.15, 0.2) is 0 Å². The van der Waals surface area contributed by atoms with E-state index in [0.29, 0.717) is 0 Å². The lowest BCUT2D eigenvalue weighted by atomic mass is 10.1. The molecule has 0 bridgehead atoms. The van der Waals surface area contributed by atoms with E-state index in [4.69, 9.17) is 4.74 Å². The van der Waals surface area contributed by atoms with Crippen LogP contribution in [0.4, 0.5) is 0 Å². The van der Waals surface area contributed by atoms with E-state index < -0.39 is 6.10 Å². The highest BCUT2D eigenvalue weighted by atomic mass is 32.2. The summed E-state index contributed by atoms with van der Waals surface area (Å²) in [5.41, 5.74) is 2.01. The van der Waals surface area contributed by atoms with Crippen molar-refractivity contribution in [3.8, 4) is 5.75 Å². The van der Waals surface area contributed by atoms with Crippen LogP contribution in [0.25, 0.3) is 0 Å². The highest BCUT2D eigenvalue weighted by Crippen LogP contribution is 2.22. The number of rotatable bonds is 5. The van der Waals surface area contributed by atoms with Crippen molar-refractivity contribution >= 4 is 11.8 Å². The van der Waals surface area contributed by atoms with Crippen LogP contribution in [0.15, 0.2) is 18.2 Å². The number of benzene rings is 1. The van der Waals surface area contributed by atoms with Crippen molar-refractivity contribution in [2.24, 2.45) is 0 Å². The van der Waals surface area contributed by atoms with Gasteiger partial charge in [-0.15, -0.1) is 0 Å². The monoisotopic (exact) mass is 226 g/mol. The molecule has 0 amide bonds. The minimum atomic E-state index is -0.413. The molecule has 0 fully saturated rings. The SMILES string of the molecule is CSCCOc1ccc(C(C)O)cc1C. The molecule has 0 spiro atoms. The van der Waals surface area contributed by atoms with Gasteiger partial charge in [-0.25, -0.2) is 0 Å². The van der Waals surface area contributed by atoms with Crippen molar-refractivity contribution < 1.29 is 9.84 Å². The molecular formula is C12H18O2S. The fraction of sp³-hybridized carbons (Fsp3) is 0.500. The van der Waals surface area contributed by atoms with Gasteiger partial charge in [0, 0.05) is 5.75 Å². The maximum atomic E-state index is 9.41. The summed E-state index contributed by atoms with van der Waals surface area (Å²) in [5, 5.41) is 9.41. The Kier molecular flexibility index (Phi) is 4.99. The highest BCUT2D eigenvalue weighted by molar-refractivity contribution is 7.98. The number of aliphatic hydroxyl groups excluding tert-OH is 1. The Morgan fingerprint density at radius 1 is 1.47 bits per heavy atom. The first-order chi connectivity index (χ1) is 7.15. The molecule has 0 radical (unpaired) electrons. The second-order valence-electron chi connectivity index (χ2n) is 3.54. The fourth-order valence-electron chi connectivity index (χ4n) is 1.33. The second kappa shape index (κ2) is 6.03. The van der Waals surface area contributed by atoms with Crippen LogP contribution in [0.2, 0.25) is 0 Å². The molecule has 0 saturated heterocycles. The maximum Gasteiger partial charge on any atom is 0.122 e. The van der Waals surface area contributed by atoms with Crippen molar-refractivity contribution in [3.63, 3.8) is 0 Å². The van der Waals surface area contributed by atoms with Gasteiger partial charge in [0.05, 0.1) is 12.7 Å². The van der Waals surface area contributed by atoms with Gasteiger partial charge in [-0.3, -0.25) is 0 Å². The second-order valence-corrected chi connectivity index (χ2v) is 4.53. The number of hydrogen-bond donors (Lipinski definition) is 1. The number of hydrogen-bond acceptors (Lipinski definition) is 3. The number of aryl methyl sites for hydroxylation is 1. The summed E-state index contributed by atoms with van der Waals surface area (Å²) in [6.45, 7) is 4.50. The minimum Gasteiger partial charge on any atom is -0.492 e. The third kappa shape index (κ3) is 3.76. The first kappa shape index (κ1) is 12.4. The van der Waals surface area contributed by atoms with E-state index >= 15 is 0 Å². The smallest absolute Gasteiger partial charge is 0.122 e. The quantitative estimate of drug-likeness (QED) is 0.783. The van der Waals surface area contributed by atoms with Gasteiger partial charge < -0.3 is 9.84 Å². The minimum absolute atomic E-state index is 0.413. The first-order valence-corrected chi connectivity index (χ1v) is 6.45. The van der Waals surface area contributed by atoms with Crippen molar-refractivity contribution in [2.45, 2.75) is 20.0 Å². The van der Waals surface area contributed by atoms with Crippen LogP contribution in [0.5, 0.6) is 5.75 Å². The molecule has 3 heteroatoms. The average Bonchev–Trinajstić information content (AvgIpc) is 2.20. The van der Waals surface area contributed by atoms with Crippen LogP contribution < -0.4 is 4.74 Å². The molecule has 0 aliphatic carbocycles. The molecule has 0 heterocycles. The number of ether oxygens (including phenoxy) is 1. The standard InChI is InChI=1S/C12H18O2S/c1-9-8-11(10(2)13)4-5-12(9)14-6-7-15-3/h4-5,8,10,13H,6-7H2,1-3H3. The Balaban J connectivity index is 2.66. The van der Waals surface area contributed by atoms with Crippen LogP contribution in [-0.4, -0.2) is 23.7 Å². The molecule has 84 valence electrons. The van der Waals surface area contributed by atoms with Crippen LogP contribution in [0.1, 0.15) is 24.2 Å². The van der Waals surface area contributed by atoms with Gasteiger partial charge in [0.1, 0.15) is 5.75 Å². The number of aliphatic hydroxyl groups is 1. The van der Waals surface area contributed by atoms with E-state index in [0.717, 1.165) is 29.2 Å². The van der Waals surface area contributed by atoms with E-state index in [1.54, 1.807) is 18.7 Å². The fourth-order valence-corrected chi connectivity index (χ4v) is 1.58. The Morgan fingerprint density at radius 2 is 2.20 bits per heavy atom. The van der Waals surface area contributed by atoms with E-state index in [9.17, 15) is 5.11 Å². The summed E-state index contributed by atoms with van der Waals surface area (Å²) < 4.78 is 5.61. The Bertz CT molecular complexity index is 310. The van der Waals surface area contributed by atoms with Gasteiger partial charge in [-0.1, -0.05) is 6.07 Å². The summed E-state index contributed by atoms with van der Waals surface area (Å²) >= 11 is 1.77. The molecule has 0 aromatic heterocycles. The molecule has 1 N–H and O–H groups in total. The molecular weight excluding hydrogens is 208 g/mol. The summed E-state index contributed by atoms with van der Waals surface area (Å²) in [7, 11) is 0. The van der Waals surface area contributed by atoms with E-state index in [2.05, 4.69) is 6.26 Å². The molecule has 2 nitrogen and oxygen atoms in total. The van der Waals surface area contributed by atoms with Gasteiger partial charge in [-0.05, 0) is 43.4 Å². The lowest BCUT2D eigenvalue weighted by molar-refractivity contribution is 0.199. The van der Waals surface area contributed by atoms with Crippen LogP contribution in [0, 0.1) is 6.92 Å². The zero-order valence-electron chi connectivity index (χ0n) is 9.49. The van der Waals surface area contributed by atoms with Crippen molar-refractivity contribution in [1.82, 2.24) is 0 Å². The third-order valence-electron chi connectivity index (χ3n) is 2.23.